The van der Waals surface area contributed by atoms with Crippen LogP contribution in [-0.4, -0.2) is 77.8 Å². The zero-order valence-electron chi connectivity index (χ0n) is 31.0. The highest BCUT2D eigenvalue weighted by Gasteiger charge is 2.48. The van der Waals surface area contributed by atoms with Gasteiger partial charge in [-0.3, -0.25) is 19.2 Å². The third-order valence-corrected chi connectivity index (χ3v) is 9.92. The van der Waals surface area contributed by atoms with E-state index < -0.39 is 70.6 Å². The van der Waals surface area contributed by atoms with E-state index in [1.54, 1.807) is 0 Å². The molecule has 1 heterocycles. The Labute approximate surface area is 296 Å². The third kappa shape index (κ3) is 11.2. The van der Waals surface area contributed by atoms with Crippen molar-refractivity contribution in [1.29, 1.82) is 0 Å². The molecule has 13 heteroatoms. The van der Waals surface area contributed by atoms with Crippen LogP contribution in [-0.2, 0) is 30.5 Å². The van der Waals surface area contributed by atoms with Gasteiger partial charge in [0.1, 0.15) is 18.7 Å². The monoisotopic (exact) mass is 698 g/mol. The predicted octanol–water partition coefficient (Wildman–Crippen LogP) is 3.64. The molecule has 0 bridgehead atoms. The summed E-state index contributed by atoms with van der Waals surface area (Å²) in [5, 5.41) is 11.2. The van der Waals surface area contributed by atoms with Crippen molar-refractivity contribution in [2.45, 2.75) is 118 Å². The van der Waals surface area contributed by atoms with Crippen molar-refractivity contribution in [2.24, 2.45) is 34.3 Å². The number of carbonyl (C=O) groups is 6. The van der Waals surface area contributed by atoms with E-state index in [0.29, 0.717) is 19.4 Å². The summed E-state index contributed by atoms with van der Waals surface area (Å²) in [4.78, 5) is 80.4. The summed E-state index contributed by atoms with van der Waals surface area (Å²) >= 11 is 0. The van der Waals surface area contributed by atoms with Gasteiger partial charge in [-0.2, -0.15) is 0 Å². The molecule has 6 amide bonds. The van der Waals surface area contributed by atoms with Crippen LogP contribution in [0.3, 0.4) is 0 Å². The average Bonchev–Trinajstić information content (AvgIpc) is 3.46. The lowest BCUT2D eigenvalue weighted by Crippen LogP contribution is -2.62. The lowest BCUT2D eigenvalue weighted by Gasteiger charge is -2.38. The number of benzene rings is 1. The summed E-state index contributed by atoms with van der Waals surface area (Å²) in [6.45, 7) is 15.6. The van der Waals surface area contributed by atoms with Crippen LogP contribution < -0.4 is 27.0 Å². The Morgan fingerprint density at radius 2 is 1.54 bits per heavy atom. The number of likely N-dealkylation sites (tertiary alicyclic amines) is 1. The number of primary amides is 1. The van der Waals surface area contributed by atoms with Gasteiger partial charge < -0.3 is 36.6 Å². The summed E-state index contributed by atoms with van der Waals surface area (Å²) in [5.74, 6) is -2.87. The lowest BCUT2D eigenvalue weighted by atomic mass is 9.80. The number of urea groups is 1. The maximum atomic E-state index is 14.3. The van der Waals surface area contributed by atoms with Crippen molar-refractivity contribution >= 4 is 35.6 Å². The van der Waals surface area contributed by atoms with Crippen LogP contribution in [0, 0.1) is 28.6 Å². The number of nitrogens with two attached hydrogens (primary N) is 1. The predicted molar refractivity (Wildman–Crippen MR) is 189 cm³/mol. The number of amides is 6. The van der Waals surface area contributed by atoms with Crippen LogP contribution in [0.5, 0.6) is 0 Å². The van der Waals surface area contributed by atoms with Gasteiger partial charge in [-0.15, -0.1) is 0 Å². The van der Waals surface area contributed by atoms with Crippen molar-refractivity contribution in [2.75, 3.05) is 13.2 Å². The molecule has 50 heavy (non-hydrogen) atoms. The van der Waals surface area contributed by atoms with Crippen molar-refractivity contribution < 1.29 is 33.5 Å². The minimum absolute atomic E-state index is 0.0299. The van der Waals surface area contributed by atoms with Gasteiger partial charge >= 0.3 is 12.1 Å². The summed E-state index contributed by atoms with van der Waals surface area (Å²) in [5.41, 5.74) is 4.98. The quantitative estimate of drug-likeness (QED) is 0.183. The average molecular weight is 699 g/mol. The third-order valence-electron chi connectivity index (χ3n) is 9.92. The summed E-state index contributed by atoms with van der Waals surface area (Å²) < 4.78 is 5.46. The SMILES string of the molecule is CC(C)C1CCN(C(=O)[C@@H](NC(=O)N[C@@H](COC(=O)NCc2ccccc2)C(C)(C)C)C(C)(C)C)[C@@H]1C(=O)NC(CC1CCC1)C(=O)C(N)=O. The highest BCUT2D eigenvalue weighted by molar-refractivity contribution is 6.37. The molecule has 1 aliphatic heterocycles. The molecular formula is C37H58N6O7. The number of hydrogen-bond donors (Lipinski definition) is 5. The highest BCUT2D eigenvalue weighted by atomic mass is 16.5. The Morgan fingerprint density at radius 3 is 2.06 bits per heavy atom. The molecule has 2 unspecified atom stereocenters. The maximum Gasteiger partial charge on any atom is 0.407 e. The molecule has 6 N–H and O–H groups in total. The Kier molecular flexibility index (Phi) is 13.8. The van der Waals surface area contributed by atoms with Gasteiger partial charge in [0.15, 0.2) is 0 Å². The number of alkyl carbamates (subject to hydrolysis) is 1. The van der Waals surface area contributed by atoms with Crippen LogP contribution in [0.2, 0.25) is 0 Å². The second kappa shape index (κ2) is 17.2. The van der Waals surface area contributed by atoms with Gasteiger partial charge in [0.2, 0.25) is 17.6 Å². The van der Waals surface area contributed by atoms with Crippen molar-refractivity contribution in [3.05, 3.63) is 35.9 Å². The molecule has 0 radical (unpaired) electrons. The fourth-order valence-corrected chi connectivity index (χ4v) is 6.45. The number of hydrogen-bond acceptors (Lipinski definition) is 7. The largest absolute Gasteiger partial charge is 0.447 e. The number of ketones is 1. The van der Waals surface area contributed by atoms with Gasteiger partial charge in [-0.05, 0) is 47.0 Å². The molecule has 1 saturated heterocycles. The molecule has 1 saturated carbocycles. The number of carbonyl (C=O) groups excluding carboxylic acids is 6. The Hall–Kier alpha value is -4.16. The number of Topliss-reactive ketones (excluding diaryl/α,β-unsaturated/α-hetero) is 1. The number of nitrogens with zero attached hydrogens (tertiary/aromatic N) is 1. The van der Waals surface area contributed by atoms with Crippen molar-refractivity contribution in [3.8, 4) is 0 Å². The molecule has 0 spiro atoms. The second-order valence-corrected chi connectivity index (χ2v) is 16.3. The molecule has 5 atom stereocenters. The number of nitrogens with one attached hydrogen (secondary N) is 4. The molecule has 3 rings (SSSR count). The topological polar surface area (TPSA) is 189 Å². The number of rotatable bonds is 14. The Balaban J connectivity index is 1.73. The zero-order chi connectivity index (χ0) is 37.4. The van der Waals surface area contributed by atoms with E-state index in [2.05, 4.69) is 21.3 Å². The van der Waals surface area contributed by atoms with E-state index in [4.69, 9.17) is 10.5 Å². The normalized spacial score (nSPS) is 19.8. The standard InChI is InChI=1S/C37H58N6O7/c1-22(2)25-17-18-43(28(25)32(46)40-26(29(44)31(38)45)19-23-15-12-16-23)33(47)30(37(6,7)8)42-34(48)41-27(36(3,4)5)21-50-35(49)39-20-24-13-10-9-11-14-24/h9-11,13-14,22-23,25-28,30H,12,15-21H2,1-8H3,(H2,38,45)(H,39,49)(H,40,46)(H2,41,42,48)/t25?,26?,27-,28-,30+/m0/s1. The van der Waals surface area contributed by atoms with Crippen LogP contribution in [0.15, 0.2) is 30.3 Å². The van der Waals surface area contributed by atoms with Crippen LogP contribution >= 0.6 is 0 Å². The fourth-order valence-electron chi connectivity index (χ4n) is 6.45. The first-order valence-corrected chi connectivity index (χ1v) is 17.8. The first kappa shape index (κ1) is 40.3. The summed E-state index contributed by atoms with van der Waals surface area (Å²) in [6, 6.07) is 5.17. The first-order valence-electron chi connectivity index (χ1n) is 17.8. The summed E-state index contributed by atoms with van der Waals surface area (Å²) in [7, 11) is 0. The van der Waals surface area contributed by atoms with Crippen LogP contribution in [0.25, 0.3) is 0 Å². The zero-order valence-corrected chi connectivity index (χ0v) is 31.0. The fraction of sp³-hybridized carbons (Fsp3) is 0.676. The molecule has 13 nitrogen and oxygen atoms in total. The Bertz CT molecular complexity index is 1370. The highest BCUT2D eigenvalue weighted by Crippen LogP contribution is 2.34. The van der Waals surface area contributed by atoms with Crippen LogP contribution in [0.4, 0.5) is 9.59 Å². The first-order chi connectivity index (χ1) is 23.3. The van der Waals surface area contributed by atoms with Gasteiger partial charge in [-0.25, -0.2) is 9.59 Å². The molecule has 2 fully saturated rings. The van der Waals surface area contributed by atoms with E-state index in [0.717, 1.165) is 24.8 Å². The molecule has 1 aromatic rings. The smallest absolute Gasteiger partial charge is 0.407 e. The van der Waals surface area contributed by atoms with E-state index in [9.17, 15) is 28.8 Å². The molecule has 1 aliphatic carbocycles. The van der Waals surface area contributed by atoms with Crippen LogP contribution in [0.1, 0.15) is 93.1 Å². The van der Waals surface area contributed by atoms with Crippen molar-refractivity contribution in [1.82, 2.24) is 26.2 Å². The summed E-state index contributed by atoms with van der Waals surface area (Å²) in [6.07, 6.45) is 3.09. The van der Waals surface area contributed by atoms with Gasteiger partial charge in [0, 0.05) is 13.1 Å². The van der Waals surface area contributed by atoms with E-state index in [1.807, 2.05) is 85.7 Å². The molecule has 1 aromatic carbocycles. The Morgan fingerprint density at radius 1 is 0.900 bits per heavy atom. The van der Waals surface area contributed by atoms with E-state index in [-0.39, 0.29) is 30.9 Å². The minimum Gasteiger partial charge on any atom is -0.447 e. The molecule has 2 aliphatic rings. The lowest BCUT2D eigenvalue weighted by molar-refractivity contribution is -0.144. The molecule has 0 aromatic heterocycles. The van der Waals surface area contributed by atoms with Gasteiger partial charge in [0.25, 0.3) is 5.91 Å². The van der Waals surface area contributed by atoms with Crippen molar-refractivity contribution in [3.63, 3.8) is 0 Å². The van der Waals surface area contributed by atoms with Gasteiger partial charge in [0.05, 0.1) is 12.1 Å². The minimum atomic E-state index is -1.11. The number of ether oxygens (including phenoxy) is 1. The molecule has 278 valence electrons. The maximum absolute atomic E-state index is 14.3. The molecular weight excluding hydrogens is 640 g/mol. The van der Waals surface area contributed by atoms with E-state index in [1.165, 1.54) is 4.90 Å². The van der Waals surface area contributed by atoms with Gasteiger partial charge in [-0.1, -0.05) is 105 Å². The van der Waals surface area contributed by atoms with E-state index >= 15 is 0 Å². The second-order valence-electron chi connectivity index (χ2n) is 16.3.